The van der Waals surface area contributed by atoms with Crippen LogP contribution in [0.1, 0.15) is 41.5 Å². The van der Waals surface area contributed by atoms with Gasteiger partial charge in [0.1, 0.15) is 0 Å². The summed E-state index contributed by atoms with van der Waals surface area (Å²) in [5.41, 5.74) is -0.132. The molecule has 0 aliphatic heterocycles. The molecule has 0 heterocycles. The van der Waals surface area contributed by atoms with Crippen molar-refractivity contribution in [3.05, 3.63) is 0 Å². The van der Waals surface area contributed by atoms with Crippen molar-refractivity contribution in [1.29, 1.82) is 0 Å². The maximum atomic E-state index is 11.5. The van der Waals surface area contributed by atoms with Crippen LogP contribution in [0.2, 0.25) is 0 Å². The normalized spacial score (nSPS) is 14.9. The Morgan fingerprint density at radius 1 is 1.20 bits per heavy atom. The molecular weight excluding hydrogens is 188 g/mol. The second kappa shape index (κ2) is 4.97. The number of amides is 1. The summed E-state index contributed by atoms with van der Waals surface area (Å²) in [4.78, 5) is 11.5. The van der Waals surface area contributed by atoms with Crippen molar-refractivity contribution in [1.82, 2.24) is 10.6 Å². The molecule has 1 atom stereocenters. The lowest BCUT2D eigenvalue weighted by atomic mass is 9.86. The molecule has 0 aliphatic carbocycles. The third-order valence-electron chi connectivity index (χ3n) is 2.99. The Bertz CT molecular complexity index is 216. The lowest BCUT2D eigenvalue weighted by Gasteiger charge is -2.32. The molecule has 0 aromatic heterocycles. The predicted octanol–water partition coefficient (Wildman–Crippen LogP) is 1.78. The van der Waals surface area contributed by atoms with Gasteiger partial charge in [0.25, 0.3) is 0 Å². The molecule has 0 saturated heterocycles. The Balaban J connectivity index is 4.21. The summed E-state index contributed by atoms with van der Waals surface area (Å²) in [5, 5.41) is 6.11. The molecule has 1 unspecified atom stereocenters. The Labute approximate surface area is 94.0 Å². The second-order valence-corrected chi connectivity index (χ2v) is 5.93. The second-order valence-electron chi connectivity index (χ2n) is 5.93. The minimum absolute atomic E-state index is 0.0797. The van der Waals surface area contributed by atoms with Crippen LogP contribution in [0.5, 0.6) is 0 Å². The van der Waals surface area contributed by atoms with E-state index >= 15 is 0 Å². The van der Waals surface area contributed by atoms with E-state index in [1.54, 1.807) is 7.05 Å². The summed E-state index contributed by atoms with van der Waals surface area (Å²) in [6.45, 7) is 13.3. The third-order valence-corrected chi connectivity index (χ3v) is 2.99. The van der Waals surface area contributed by atoms with Gasteiger partial charge >= 0.3 is 0 Å². The summed E-state index contributed by atoms with van der Waals surface area (Å²) in [7, 11) is 1.68. The highest BCUT2D eigenvalue weighted by Gasteiger charge is 2.28. The summed E-state index contributed by atoms with van der Waals surface area (Å²) in [6, 6.07) is 0.390. The van der Waals surface area contributed by atoms with Crippen LogP contribution < -0.4 is 10.6 Å². The quantitative estimate of drug-likeness (QED) is 0.749. The van der Waals surface area contributed by atoms with Crippen molar-refractivity contribution in [2.24, 2.45) is 10.8 Å². The van der Waals surface area contributed by atoms with E-state index in [4.69, 9.17) is 0 Å². The summed E-state index contributed by atoms with van der Waals surface area (Å²) in [6.07, 6.45) is 0. The van der Waals surface area contributed by atoms with Gasteiger partial charge < -0.3 is 10.6 Å². The first-order valence-electron chi connectivity index (χ1n) is 5.57. The lowest BCUT2D eigenvalue weighted by molar-refractivity contribution is -0.128. The zero-order chi connectivity index (χ0) is 12.3. The van der Waals surface area contributed by atoms with Crippen molar-refractivity contribution >= 4 is 5.91 Å². The molecule has 0 aromatic rings. The predicted molar refractivity (Wildman–Crippen MR) is 64.8 cm³/mol. The molecule has 2 N–H and O–H groups in total. The highest BCUT2D eigenvalue weighted by Crippen LogP contribution is 2.20. The number of carbonyl (C=O) groups is 1. The molecule has 0 saturated carbocycles. The molecule has 3 heteroatoms. The van der Waals surface area contributed by atoms with E-state index in [1.165, 1.54) is 0 Å². The van der Waals surface area contributed by atoms with Crippen molar-refractivity contribution in [2.45, 2.75) is 47.6 Å². The topological polar surface area (TPSA) is 41.1 Å². The van der Waals surface area contributed by atoms with E-state index in [2.05, 4.69) is 38.3 Å². The van der Waals surface area contributed by atoms with E-state index in [0.29, 0.717) is 12.6 Å². The van der Waals surface area contributed by atoms with Gasteiger partial charge in [-0.3, -0.25) is 4.79 Å². The van der Waals surface area contributed by atoms with Crippen LogP contribution in [-0.4, -0.2) is 25.5 Å². The maximum Gasteiger partial charge on any atom is 0.226 e. The SMILES string of the molecule is CNC(=O)C(C)(C)CNC(C)C(C)(C)C. The Kier molecular flexibility index (Phi) is 4.78. The van der Waals surface area contributed by atoms with Crippen LogP contribution in [0.3, 0.4) is 0 Å². The van der Waals surface area contributed by atoms with E-state index in [1.807, 2.05) is 13.8 Å². The van der Waals surface area contributed by atoms with E-state index in [9.17, 15) is 4.79 Å². The van der Waals surface area contributed by atoms with Crippen molar-refractivity contribution in [3.63, 3.8) is 0 Å². The maximum absolute atomic E-state index is 11.5. The van der Waals surface area contributed by atoms with E-state index < -0.39 is 0 Å². The molecule has 0 aromatic carbocycles. The van der Waals surface area contributed by atoms with Crippen LogP contribution in [0, 0.1) is 10.8 Å². The molecule has 3 nitrogen and oxygen atoms in total. The number of hydrogen-bond acceptors (Lipinski definition) is 2. The molecule has 90 valence electrons. The number of hydrogen-bond donors (Lipinski definition) is 2. The molecule has 0 radical (unpaired) electrons. The average molecular weight is 214 g/mol. The van der Waals surface area contributed by atoms with Gasteiger partial charge in [-0.25, -0.2) is 0 Å². The van der Waals surface area contributed by atoms with E-state index in [0.717, 1.165) is 0 Å². The number of rotatable bonds is 4. The monoisotopic (exact) mass is 214 g/mol. The van der Waals surface area contributed by atoms with Gasteiger partial charge in [-0.1, -0.05) is 20.8 Å². The first kappa shape index (κ1) is 14.4. The van der Waals surface area contributed by atoms with Gasteiger partial charge in [0, 0.05) is 19.6 Å². The van der Waals surface area contributed by atoms with Crippen LogP contribution in [-0.2, 0) is 4.79 Å². The Morgan fingerprint density at radius 3 is 2.00 bits per heavy atom. The number of nitrogens with one attached hydrogen (secondary N) is 2. The first-order valence-corrected chi connectivity index (χ1v) is 5.57. The van der Waals surface area contributed by atoms with Crippen LogP contribution in [0.25, 0.3) is 0 Å². The number of carbonyl (C=O) groups excluding carboxylic acids is 1. The van der Waals surface area contributed by atoms with Crippen LogP contribution in [0.15, 0.2) is 0 Å². The molecule has 0 aliphatic rings. The van der Waals surface area contributed by atoms with Gasteiger partial charge in [0.15, 0.2) is 0 Å². The Morgan fingerprint density at radius 2 is 1.67 bits per heavy atom. The summed E-state index contributed by atoms with van der Waals surface area (Å²) < 4.78 is 0. The smallest absolute Gasteiger partial charge is 0.226 e. The fourth-order valence-corrected chi connectivity index (χ4v) is 1.13. The molecular formula is C12H26N2O. The van der Waals surface area contributed by atoms with Crippen LogP contribution >= 0.6 is 0 Å². The third kappa shape index (κ3) is 4.65. The zero-order valence-electron chi connectivity index (χ0n) is 11.2. The minimum Gasteiger partial charge on any atom is -0.359 e. The minimum atomic E-state index is -0.353. The molecule has 0 rings (SSSR count). The van der Waals surface area contributed by atoms with Crippen molar-refractivity contribution in [2.75, 3.05) is 13.6 Å². The highest BCUT2D eigenvalue weighted by molar-refractivity contribution is 5.81. The highest BCUT2D eigenvalue weighted by atomic mass is 16.2. The van der Waals surface area contributed by atoms with Crippen molar-refractivity contribution in [3.8, 4) is 0 Å². The summed E-state index contributed by atoms with van der Waals surface area (Å²) >= 11 is 0. The lowest BCUT2D eigenvalue weighted by Crippen LogP contribution is -2.47. The average Bonchev–Trinajstić information content (AvgIpc) is 2.11. The van der Waals surface area contributed by atoms with Crippen molar-refractivity contribution < 1.29 is 4.79 Å². The molecule has 1 amide bonds. The largest absolute Gasteiger partial charge is 0.359 e. The fourth-order valence-electron chi connectivity index (χ4n) is 1.13. The fraction of sp³-hybridized carbons (Fsp3) is 0.917. The van der Waals surface area contributed by atoms with Gasteiger partial charge in [-0.15, -0.1) is 0 Å². The van der Waals surface area contributed by atoms with Gasteiger partial charge in [0.2, 0.25) is 5.91 Å². The van der Waals surface area contributed by atoms with Gasteiger partial charge in [0.05, 0.1) is 5.41 Å². The summed E-state index contributed by atoms with van der Waals surface area (Å²) in [5.74, 6) is 0.0797. The van der Waals surface area contributed by atoms with Crippen LogP contribution in [0.4, 0.5) is 0 Å². The Hall–Kier alpha value is -0.570. The van der Waals surface area contributed by atoms with Gasteiger partial charge in [-0.2, -0.15) is 0 Å². The standard InChI is InChI=1S/C12H26N2O/c1-9(11(2,3)4)14-8-12(5,6)10(15)13-7/h9,14H,8H2,1-7H3,(H,13,15). The molecule has 15 heavy (non-hydrogen) atoms. The van der Waals surface area contributed by atoms with E-state index in [-0.39, 0.29) is 16.7 Å². The molecule has 0 fully saturated rings. The van der Waals surface area contributed by atoms with Gasteiger partial charge in [-0.05, 0) is 26.2 Å². The first-order chi connectivity index (χ1) is 6.61. The molecule has 0 spiro atoms. The zero-order valence-corrected chi connectivity index (χ0v) is 11.2. The molecule has 0 bridgehead atoms.